The van der Waals surface area contributed by atoms with Crippen LogP contribution < -0.4 is 0 Å². The lowest BCUT2D eigenvalue weighted by molar-refractivity contribution is 0.0699. The number of rotatable bonds is 4. The van der Waals surface area contributed by atoms with Crippen molar-refractivity contribution >= 4 is 28.5 Å². The maximum absolute atomic E-state index is 11.3. The Morgan fingerprint density at radius 2 is 2.00 bits per heavy atom. The molecule has 6 heteroatoms. The van der Waals surface area contributed by atoms with Crippen LogP contribution in [0.25, 0.3) is 10.8 Å². The van der Waals surface area contributed by atoms with Crippen LogP contribution in [-0.2, 0) is 6.42 Å². The van der Waals surface area contributed by atoms with Crippen molar-refractivity contribution in [1.82, 2.24) is 9.97 Å². The minimum absolute atomic E-state index is 0.0479. The highest BCUT2D eigenvalue weighted by Crippen LogP contribution is 2.23. The van der Waals surface area contributed by atoms with Gasteiger partial charge in [-0.15, -0.1) is 0 Å². The Balaban J connectivity index is 1.98. The first-order valence-corrected chi connectivity index (χ1v) is 8.15. The number of hydrogen-bond donors (Lipinski definition) is 2. The lowest BCUT2D eigenvalue weighted by Crippen LogP contribution is -1.98. The number of aromatic hydroxyl groups is 1. The van der Waals surface area contributed by atoms with Crippen LogP contribution >= 0.6 is 11.8 Å². The van der Waals surface area contributed by atoms with E-state index in [1.54, 1.807) is 12.1 Å². The molecule has 3 aromatic rings. The molecule has 0 saturated carbocycles. The lowest BCUT2D eigenvalue weighted by atomic mass is 10.00. The molecule has 0 bridgehead atoms. The maximum Gasteiger partial charge on any atom is 0.336 e. The molecule has 0 aliphatic rings. The fraction of sp³-hybridized carbons (Fsp3) is 0.118. The minimum atomic E-state index is -0.936. The van der Waals surface area contributed by atoms with Gasteiger partial charge in [-0.2, -0.15) is 4.98 Å². The van der Waals surface area contributed by atoms with Crippen molar-refractivity contribution in [3.8, 4) is 5.88 Å². The third-order valence-electron chi connectivity index (χ3n) is 3.49. The highest BCUT2D eigenvalue weighted by atomic mass is 32.2. The van der Waals surface area contributed by atoms with E-state index in [0.717, 1.165) is 16.6 Å². The summed E-state index contributed by atoms with van der Waals surface area (Å²) in [7, 11) is 0. The van der Waals surface area contributed by atoms with Crippen molar-refractivity contribution in [2.45, 2.75) is 11.6 Å². The quantitative estimate of drug-likeness (QED) is 0.565. The summed E-state index contributed by atoms with van der Waals surface area (Å²) in [5.41, 5.74) is 2.00. The molecule has 0 saturated heterocycles. The Morgan fingerprint density at radius 3 is 2.74 bits per heavy atom. The molecule has 0 aliphatic carbocycles. The average Bonchev–Trinajstić information content (AvgIpc) is 2.53. The fourth-order valence-corrected chi connectivity index (χ4v) is 2.87. The number of nitrogens with zero attached hydrogens (tertiary/aromatic N) is 2. The molecule has 0 unspecified atom stereocenters. The number of thioether (sulfide) groups is 1. The number of aromatic nitrogens is 2. The number of carbonyl (C=O) groups is 1. The van der Waals surface area contributed by atoms with Gasteiger partial charge in [-0.3, -0.25) is 0 Å². The van der Waals surface area contributed by atoms with Crippen molar-refractivity contribution in [2.75, 3.05) is 6.26 Å². The summed E-state index contributed by atoms with van der Waals surface area (Å²) in [6, 6.07) is 12.4. The van der Waals surface area contributed by atoms with E-state index in [4.69, 9.17) is 0 Å². The Bertz CT molecular complexity index is 896. The van der Waals surface area contributed by atoms with Crippen LogP contribution in [0.15, 0.2) is 47.6 Å². The number of fused-ring (bicyclic) bond motifs is 1. The van der Waals surface area contributed by atoms with Gasteiger partial charge in [0.25, 0.3) is 0 Å². The van der Waals surface area contributed by atoms with Crippen LogP contribution in [0.4, 0.5) is 0 Å². The van der Waals surface area contributed by atoms with Crippen LogP contribution in [0.3, 0.4) is 0 Å². The Morgan fingerprint density at radius 1 is 1.17 bits per heavy atom. The molecule has 23 heavy (non-hydrogen) atoms. The summed E-state index contributed by atoms with van der Waals surface area (Å²) >= 11 is 1.37. The predicted octanol–water partition coefficient (Wildman–Crippen LogP) is 3.35. The average molecular weight is 326 g/mol. The fourth-order valence-electron chi connectivity index (χ4n) is 2.48. The molecule has 0 atom stereocenters. The molecule has 0 amide bonds. The molecule has 116 valence electrons. The summed E-state index contributed by atoms with van der Waals surface area (Å²) in [4.78, 5) is 19.5. The Hall–Kier alpha value is -2.60. The highest BCUT2D eigenvalue weighted by Gasteiger charge is 2.09. The molecule has 0 radical (unpaired) electrons. The summed E-state index contributed by atoms with van der Waals surface area (Å²) in [6.45, 7) is 0. The minimum Gasteiger partial charge on any atom is -0.493 e. The SMILES string of the molecule is CSc1nc(O)cc(Cc2ccc3c(C(=O)O)cccc3c2)n1. The largest absolute Gasteiger partial charge is 0.493 e. The molecule has 1 aromatic heterocycles. The molecular formula is C17H14N2O3S. The van der Waals surface area contributed by atoms with Crippen LogP contribution in [0.1, 0.15) is 21.6 Å². The van der Waals surface area contributed by atoms with Gasteiger partial charge in [-0.05, 0) is 28.7 Å². The van der Waals surface area contributed by atoms with E-state index in [-0.39, 0.29) is 5.88 Å². The number of hydrogen-bond acceptors (Lipinski definition) is 5. The Kier molecular flexibility index (Phi) is 4.16. The smallest absolute Gasteiger partial charge is 0.336 e. The summed E-state index contributed by atoms with van der Waals surface area (Å²) in [5, 5.41) is 21.0. The summed E-state index contributed by atoms with van der Waals surface area (Å²) in [5.74, 6) is -0.984. The van der Waals surface area contributed by atoms with Crippen molar-refractivity contribution in [2.24, 2.45) is 0 Å². The molecule has 3 rings (SSSR count). The molecular weight excluding hydrogens is 312 g/mol. The number of carboxylic acid groups (broad SMARTS) is 1. The number of carboxylic acids is 1. The molecule has 0 aliphatic heterocycles. The van der Waals surface area contributed by atoms with Crippen molar-refractivity contribution in [1.29, 1.82) is 0 Å². The highest BCUT2D eigenvalue weighted by molar-refractivity contribution is 7.98. The van der Waals surface area contributed by atoms with E-state index >= 15 is 0 Å². The van der Waals surface area contributed by atoms with Gasteiger partial charge in [-0.1, -0.05) is 42.1 Å². The zero-order chi connectivity index (χ0) is 16.4. The van der Waals surface area contributed by atoms with Crippen LogP contribution in [0.2, 0.25) is 0 Å². The molecule has 1 heterocycles. The van der Waals surface area contributed by atoms with Gasteiger partial charge in [0, 0.05) is 12.5 Å². The van der Waals surface area contributed by atoms with Gasteiger partial charge >= 0.3 is 5.97 Å². The van der Waals surface area contributed by atoms with E-state index in [2.05, 4.69) is 9.97 Å². The van der Waals surface area contributed by atoms with E-state index in [0.29, 0.717) is 22.5 Å². The van der Waals surface area contributed by atoms with E-state index in [1.807, 2.05) is 30.5 Å². The standard InChI is InChI=1S/C17H14N2O3S/c1-23-17-18-12(9-15(20)19-17)8-10-5-6-13-11(7-10)3-2-4-14(13)16(21)22/h2-7,9H,8H2,1H3,(H,21,22)(H,18,19,20). The van der Waals surface area contributed by atoms with Crippen LogP contribution in [-0.4, -0.2) is 32.4 Å². The first-order chi connectivity index (χ1) is 11.1. The van der Waals surface area contributed by atoms with Gasteiger partial charge in [-0.25, -0.2) is 9.78 Å². The third kappa shape index (κ3) is 3.27. The van der Waals surface area contributed by atoms with Crippen LogP contribution in [0.5, 0.6) is 5.88 Å². The van der Waals surface area contributed by atoms with Crippen molar-refractivity contribution in [3.05, 3.63) is 59.3 Å². The summed E-state index contributed by atoms with van der Waals surface area (Å²) in [6.07, 6.45) is 2.39. The second kappa shape index (κ2) is 6.26. The Labute approximate surface area is 137 Å². The second-order valence-electron chi connectivity index (χ2n) is 5.05. The van der Waals surface area contributed by atoms with Crippen molar-refractivity contribution < 1.29 is 15.0 Å². The lowest BCUT2D eigenvalue weighted by Gasteiger charge is -2.07. The second-order valence-corrected chi connectivity index (χ2v) is 5.82. The summed E-state index contributed by atoms with van der Waals surface area (Å²) < 4.78 is 0. The normalized spacial score (nSPS) is 10.8. The van der Waals surface area contributed by atoms with E-state index < -0.39 is 5.97 Å². The molecule has 5 nitrogen and oxygen atoms in total. The number of aromatic carboxylic acids is 1. The van der Waals surface area contributed by atoms with Gasteiger partial charge in [0.2, 0.25) is 5.88 Å². The molecule has 0 spiro atoms. The monoisotopic (exact) mass is 326 g/mol. The maximum atomic E-state index is 11.3. The first-order valence-electron chi connectivity index (χ1n) is 6.92. The topological polar surface area (TPSA) is 83.3 Å². The van der Waals surface area contributed by atoms with E-state index in [9.17, 15) is 15.0 Å². The molecule has 2 aromatic carbocycles. The van der Waals surface area contributed by atoms with E-state index in [1.165, 1.54) is 17.8 Å². The predicted molar refractivity (Wildman–Crippen MR) is 89.2 cm³/mol. The third-order valence-corrected chi connectivity index (χ3v) is 4.04. The zero-order valence-electron chi connectivity index (χ0n) is 12.4. The van der Waals surface area contributed by atoms with Gasteiger partial charge < -0.3 is 10.2 Å². The zero-order valence-corrected chi connectivity index (χ0v) is 13.2. The number of benzene rings is 2. The van der Waals surface area contributed by atoms with Gasteiger partial charge in [0.15, 0.2) is 5.16 Å². The van der Waals surface area contributed by atoms with Crippen molar-refractivity contribution in [3.63, 3.8) is 0 Å². The van der Waals surface area contributed by atoms with Gasteiger partial charge in [0.05, 0.1) is 11.3 Å². The van der Waals surface area contributed by atoms with Gasteiger partial charge in [0.1, 0.15) is 0 Å². The molecule has 2 N–H and O–H groups in total. The first kappa shape index (κ1) is 15.3. The van der Waals surface area contributed by atoms with Crippen LogP contribution in [0, 0.1) is 0 Å². The molecule has 0 fully saturated rings.